The fraction of sp³-hybridized carbons (Fsp3) is 0.562. The van der Waals surface area contributed by atoms with E-state index in [9.17, 15) is 4.79 Å². The molecule has 1 aliphatic carbocycles. The first kappa shape index (κ1) is 14.0. The SMILES string of the molecule is CC(C)(C)CC(=O)Nc1nc2cccnc2n1C1CCC1. The number of anilines is 1. The van der Waals surface area contributed by atoms with Crippen molar-refractivity contribution < 1.29 is 4.79 Å². The second-order valence-electron chi connectivity index (χ2n) is 7.02. The van der Waals surface area contributed by atoms with Crippen molar-refractivity contribution in [3.05, 3.63) is 18.3 Å². The number of hydrogen-bond donors (Lipinski definition) is 1. The van der Waals surface area contributed by atoms with E-state index < -0.39 is 0 Å². The Morgan fingerprint density at radius 2 is 2.19 bits per heavy atom. The number of aromatic nitrogens is 3. The number of hydrogen-bond acceptors (Lipinski definition) is 3. The van der Waals surface area contributed by atoms with Crippen LogP contribution in [-0.4, -0.2) is 20.4 Å². The van der Waals surface area contributed by atoms with Crippen LogP contribution < -0.4 is 5.32 Å². The standard InChI is InChI=1S/C16H22N4O/c1-16(2,3)10-13(21)19-15-18-12-8-5-9-17-14(12)20(15)11-6-4-7-11/h5,8-9,11H,4,6-7,10H2,1-3H3,(H,18,19,21). The smallest absolute Gasteiger partial charge is 0.227 e. The Kier molecular flexibility index (Phi) is 3.43. The van der Waals surface area contributed by atoms with Gasteiger partial charge in [0, 0.05) is 18.7 Å². The Balaban J connectivity index is 1.92. The molecule has 0 spiro atoms. The van der Waals surface area contributed by atoms with Crippen molar-refractivity contribution in [2.24, 2.45) is 5.41 Å². The summed E-state index contributed by atoms with van der Waals surface area (Å²) in [6.07, 6.45) is 5.75. The molecule has 0 unspecified atom stereocenters. The molecule has 2 heterocycles. The number of amides is 1. The molecule has 1 amide bonds. The first-order valence-electron chi connectivity index (χ1n) is 7.57. The average molecular weight is 286 g/mol. The molecule has 21 heavy (non-hydrogen) atoms. The van der Waals surface area contributed by atoms with Gasteiger partial charge < -0.3 is 0 Å². The van der Waals surface area contributed by atoms with E-state index in [-0.39, 0.29) is 11.3 Å². The third-order valence-corrected chi connectivity index (χ3v) is 3.83. The van der Waals surface area contributed by atoms with Gasteiger partial charge in [0.25, 0.3) is 0 Å². The summed E-state index contributed by atoms with van der Waals surface area (Å²) >= 11 is 0. The zero-order valence-electron chi connectivity index (χ0n) is 12.9. The number of carbonyl (C=O) groups excluding carboxylic acids is 1. The molecule has 2 aromatic heterocycles. The van der Waals surface area contributed by atoms with Crippen LogP contribution in [0.3, 0.4) is 0 Å². The molecule has 0 atom stereocenters. The Morgan fingerprint density at radius 1 is 1.43 bits per heavy atom. The molecule has 1 aliphatic rings. The summed E-state index contributed by atoms with van der Waals surface area (Å²) in [5.74, 6) is 0.654. The minimum Gasteiger partial charge on any atom is -0.296 e. The van der Waals surface area contributed by atoms with Gasteiger partial charge in [0.2, 0.25) is 11.9 Å². The van der Waals surface area contributed by atoms with Crippen LogP contribution in [0.2, 0.25) is 0 Å². The van der Waals surface area contributed by atoms with Crippen molar-refractivity contribution in [2.75, 3.05) is 5.32 Å². The summed E-state index contributed by atoms with van der Waals surface area (Å²) < 4.78 is 2.10. The maximum atomic E-state index is 12.2. The maximum absolute atomic E-state index is 12.2. The fourth-order valence-electron chi connectivity index (χ4n) is 2.66. The topological polar surface area (TPSA) is 59.8 Å². The van der Waals surface area contributed by atoms with Gasteiger partial charge in [-0.25, -0.2) is 9.97 Å². The van der Waals surface area contributed by atoms with Crippen LogP contribution in [0.15, 0.2) is 18.3 Å². The van der Waals surface area contributed by atoms with Gasteiger partial charge in [0.1, 0.15) is 5.52 Å². The number of pyridine rings is 1. The molecular formula is C16H22N4O. The lowest BCUT2D eigenvalue weighted by atomic mass is 9.92. The predicted octanol–water partition coefficient (Wildman–Crippen LogP) is 3.53. The quantitative estimate of drug-likeness (QED) is 0.939. The van der Waals surface area contributed by atoms with Gasteiger partial charge in [0.15, 0.2) is 5.65 Å². The first-order valence-corrected chi connectivity index (χ1v) is 7.57. The summed E-state index contributed by atoms with van der Waals surface area (Å²) in [5.41, 5.74) is 1.68. The summed E-state index contributed by atoms with van der Waals surface area (Å²) in [5, 5.41) is 2.98. The Morgan fingerprint density at radius 3 is 2.81 bits per heavy atom. The zero-order valence-corrected chi connectivity index (χ0v) is 12.9. The number of nitrogens with one attached hydrogen (secondary N) is 1. The molecular weight excluding hydrogens is 264 g/mol. The van der Waals surface area contributed by atoms with Gasteiger partial charge in [-0.1, -0.05) is 20.8 Å². The molecule has 1 saturated carbocycles. The van der Waals surface area contributed by atoms with Crippen LogP contribution in [-0.2, 0) is 4.79 Å². The van der Waals surface area contributed by atoms with E-state index in [4.69, 9.17) is 0 Å². The molecule has 5 heteroatoms. The van der Waals surface area contributed by atoms with Crippen LogP contribution in [0.1, 0.15) is 52.5 Å². The van der Waals surface area contributed by atoms with Gasteiger partial charge in [-0.15, -0.1) is 0 Å². The highest BCUT2D eigenvalue weighted by atomic mass is 16.1. The predicted molar refractivity (Wildman–Crippen MR) is 83.1 cm³/mol. The van der Waals surface area contributed by atoms with Crippen LogP contribution in [0.5, 0.6) is 0 Å². The van der Waals surface area contributed by atoms with Crippen LogP contribution in [0.25, 0.3) is 11.2 Å². The maximum Gasteiger partial charge on any atom is 0.227 e. The molecule has 0 saturated heterocycles. The molecule has 0 aliphatic heterocycles. The van der Waals surface area contributed by atoms with E-state index in [0.29, 0.717) is 18.4 Å². The fourth-order valence-corrected chi connectivity index (χ4v) is 2.66. The molecule has 0 radical (unpaired) electrons. The van der Waals surface area contributed by atoms with Crippen molar-refractivity contribution in [3.8, 4) is 0 Å². The Hall–Kier alpha value is -1.91. The molecule has 3 rings (SSSR count). The van der Waals surface area contributed by atoms with Gasteiger partial charge in [-0.3, -0.25) is 14.7 Å². The minimum atomic E-state index is -0.0321. The van der Waals surface area contributed by atoms with Gasteiger partial charge >= 0.3 is 0 Å². The lowest BCUT2D eigenvalue weighted by molar-refractivity contribution is -0.117. The summed E-state index contributed by atoms with van der Waals surface area (Å²) in [6.45, 7) is 6.18. The third kappa shape index (κ3) is 2.91. The van der Waals surface area contributed by atoms with Crippen molar-refractivity contribution in [3.63, 3.8) is 0 Å². The minimum absolute atomic E-state index is 0.0124. The van der Waals surface area contributed by atoms with Gasteiger partial charge in [-0.05, 0) is 36.8 Å². The molecule has 2 aromatic rings. The molecule has 5 nitrogen and oxygen atoms in total. The van der Waals surface area contributed by atoms with Gasteiger partial charge in [0.05, 0.1) is 0 Å². The second-order valence-corrected chi connectivity index (χ2v) is 7.02. The molecule has 1 fully saturated rings. The zero-order chi connectivity index (χ0) is 15.0. The summed E-state index contributed by atoms with van der Waals surface area (Å²) in [7, 11) is 0. The van der Waals surface area contributed by atoms with E-state index >= 15 is 0 Å². The number of imidazole rings is 1. The summed E-state index contributed by atoms with van der Waals surface area (Å²) in [4.78, 5) is 21.2. The van der Waals surface area contributed by atoms with Crippen LogP contribution in [0, 0.1) is 5.41 Å². The van der Waals surface area contributed by atoms with Crippen molar-refractivity contribution in [2.45, 2.75) is 52.5 Å². The largest absolute Gasteiger partial charge is 0.296 e. The van der Waals surface area contributed by atoms with E-state index in [1.807, 2.05) is 12.1 Å². The monoisotopic (exact) mass is 286 g/mol. The summed E-state index contributed by atoms with van der Waals surface area (Å²) in [6, 6.07) is 4.23. The van der Waals surface area contributed by atoms with Crippen molar-refractivity contribution in [1.29, 1.82) is 0 Å². The molecule has 0 bridgehead atoms. The number of nitrogens with zero attached hydrogens (tertiary/aromatic N) is 3. The van der Waals surface area contributed by atoms with E-state index in [2.05, 4.69) is 40.6 Å². The van der Waals surface area contributed by atoms with Crippen molar-refractivity contribution in [1.82, 2.24) is 14.5 Å². The third-order valence-electron chi connectivity index (χ3n) is 3.83. The van der Waals surface area contributed by atoms with E-state index in [0.717, 1.165) is 24.0 Å². The van der Waals surface area contributed by atoms with E-state index in [1.54, 1.807) is 6.20 Å². The van der Waals surface area contributed by atoms with Crippen LogP contribution >= 0.6 is 0 Å². The van der Waals surface area contributed by atoms with Crippen molar-refractivity contribution >= 4 is 23.0 Å². The Labute approximate surface area is 124 Å². The lowest BCUT2D eigenvalue weighted by Gasteiger charge is -2.28. The second kappa shape index (κ2) is 5.13. The number of carbonyl (C=O) groups is 1. The molecule has 1 N–H and O–H groups in total. The van der Waals surface area contributed by atoms with E-state index in [1.165, 1.54) is 6.42 Å². The van der Waals surface area contributed by atoms with Crippen LogP contribution in [0.4, 0.5) is 5.95 Å². The normalized spacial score (nSPS) is 16.0. The van der Waals surface area contributed by atoms with Gasteiger partial charge in [-0.2, -0.15) is 0 Å². The highest BCUT2D eigenvalue weighted by Gasteiger charge is 2.26. The highest BCUT2D eigenvalue weighted by molar-refractivity contribution is 5.91. The number of fused-ring (bicyclic) bond motifs is 1. The lowest BCUT2D eigenvalue weighted by Crippen LogP contribution is -2.24. The first-order chi connectivity index (χ1) is 9.94. The number of rotatable bonds is 3. The Bertz CT molecular complexity index is 664. The molecule has 0 aromatic carbocycles. The highest BCUT2D eigenvalue weighted by Crippen LogP contribution is 2.36. The molecule has 112 valence electrons. The average Bonchev–Trinajstić information content (AvgIpc) is 2.63.